The molecule has 1 aromatic rings. The van der Waals surface area contributed by atoms with E-state index in [2.05, 4.69) is 37.4 Å². The molecule has 1 aliphatic heterocycles. The van der Waals surface area contributed by atoms with Gasteiger partial charge in [0.1, 0.15) is 0 Å². The smallest absolute Gasteiger partial charge is 0.237 e. The van der Waals surface area contributed by atoms with E-state index in [0.29, 0.717) is 6.54 Å². The summed E-state index contributed by atoms with van der Waals surface area (Å²) in [7, 11) is 1.82. The largest absolute Gasteiger partial charge is 0.335 e. The highest BCUT2D eigenvalue weighted by Gasteiger charge is 2.30. The Kier molecular flexibility index (Phi) is 4.02. The monoisotopic (exact) mass is 246 g/mol. The van der Waals surface area contributed by atoms with Gasteiger partial charge in [-0.15, -0.1) is 0 Å². The topological polar surface area (TPSA) is 32.3 Å². The first kappa shape index (κ1) is 13.1. The van der Waals surface area contributed by atoms with Crippen molar-refractivity contribution in [2.75, 3.05) is 20.1 Å². The third kappa shape index (κ3) is 2.41. The Morgan fingerprint density at radius 1 is 1.44 bits per heavy atom. The van der Waals surface area contributed by atoms with Crippen LogP contribution in [0.5, 0.6) is 0 Å². The summed E-state index contributed by atoms with van der Waals surface area (Å²) < 4.78 is 0. The van der Waals surface area contributed by atoms with Crippen molar-refractivity contribution in [1.29, 1.82) is 0 Å². The minimum atomic E-state index is 0.209. The Balaban J connectivity index is 2.26. The number of hydrogen-bond donors (Lipinski definition) is 1. The van der Waals surface area contributed by atoms with Gasteiger partial charge in [0, 0.05) is 6.54 Å². The average Bonchev–Trinajstić information content (AvgIpc) is 2.82. The number of carbonyl (C=O) groups excluding carboxylic acids is 1. The maximum Gasteiger partial charge on any atom is 0.237 e. The molecule has 0 radical (unpaired) electrons. The van der Waals surface area contributed by atoms with E-state index in [4.69, 9.17) is 0 Å². The molecule has 1 aromatic carbocycles. The van der Waals surface area contributed by atoms with E-state index < -0.39 is 0 Å². The second-order valence-corrected chi connectivity index (χ2v) is 5.06. The molecule has 1 amide bonds. The van der Waals surface area contributed by atoms with Gasteiger partial charge in [0.25, 0.3) is 0 Å². The summed E-state index contributed by atoms with van der Waals surface area (Å²) in [6.45, 7) is 5.61. The number of amides is 1. The van der Waals surface area contributed by atoms with Gasteiger partial charge in [-0.05, 0) is 50.4 Å². The van der Waals surface area contributed by atoms with E-state index in [-0.39, 0.29) is 11.9 Å². The van der Waals surface area contributed by atoms with Crippen LogP contribution in [0.25, 0.3) is 0 Å². The van der Waals surface area contributed by atoms with Gasteiger partial charge in [0.05, 0.1) is 12.6 Å². The molecule has 0 spiro atoms. The van der Waals surface area contributed by atoms with Gasteiger partial charge in [0.2, 0.25) is 5.91 Å². The zero-order valence-electron chi connectivity index (χ0n) is 11.5. The number of hydrogen-bond acceptors (Lipinski definition) is 2. The van der Waals surface area contributed by atoms with Crippen LogP contribution in [0.3, 0.4) is 0 Å². The molecule has 1 atom stereocenters. The number of likely N-dealkylation sites (tertiary alicyclic amines) is 1. The van der Waals surface area contributed by atoms with E-state index >= 15 is 0 Å². The van der Waals surface area contributed by atoms with Crippen LogP contribution in [-0.2, 0) is 4.79 Å². The molecule has 0 bridgehead atoms. The average molecular weight is 246 g/mol. The second kappa shape index (κ2) is 5.53. The van der Waals surface area contributed by atoms with Crippen LogP contribution >= 0.6 is 0 Å². The summed E-state index contributed by atoms with van der Waals surface area (Å²) in [5.74, 6) is 0.209. The van der Waals surface area contributed by atoms with Gasteiger partial charge in [-0.1, -0.05) is 18.2 Å². The molecule has 3 nitrogen and oxygen atoms in total. The molecule has 1 fully saturated rings. The lowest BCUT2D eigenvalue weighted by atomic mass is 9.96. The van der Waals surface area contributed by atoms with Gasteiger partial charge < -0.3 is 10.2 Å². The minimum Gasteiger partial charge on any atom is -0.335 e. The van der Waals surface area contributed by atoms with Crippen LogP contribution in [0.15, 0.2) is 18.2 Å². The molecule has 1 aliphatic rings. The fourth-order valence-electron chi connectivity index (χ4n) is 2.78. The molecular formula is C15H22N2O. The first-order valence-corrected chi connectivity index (χ1v) is 6.65. The summed E-state index contributed by atoms with van der Waals surface area (Å²) in [5.41, 5.74) is 3.95. The van der Waals surface area contributed by atoms with Gasteiger partial charge in [0.15, 0.2) is 0 Å². The fraction of sp³-hybridized carbons (Fsp3) is 0.533. The van der Waals surface area contributed by atoms with Crippen molar-refractivity contribution >= 4 is 5.91 Å². The second-order valence-electron chi connectivity index (χ2n) is 5.06. The summed E-state index contributed by atoms with van der Waals surface area (Å²) in [4.78, 5) is 14.1. The highest BCUT2D eigenvalue weighted by atomic mass is 16.2. The number of nitrogens with zero attached hydrogens (tertiary/aromatic N) is 1. The Hall–Kier alpha value is -1.35. The van der Waals surface area contributed by atoms with Crippen LogP contribution < -0.4 is 5.32 Å². The molecular weight excluding hydrogens is 224 g/mol. The molecule has 0 aliphatic carbocycles. The molecule has 1 unspecified atom stereocenters. The van der Waals surface area contributed by atoms with Crippen molar-refractivity contribution < 1.29 is 4.79 Å². The summed E-state index contributed by atoms with van der Waals surface area (Å²) >= 11 is 0. The highest BCUT2D eigenvalue weighted by molar-refractivity contribution is 5.79. The zero-order valence-corrected chi connectivity index (χ0v) is 11.5. The molecule has 18 heavy (non-hydrogen) atoms. The van der Waals surface area contributed by atoms with Crippen molar-refractivity contribution in [3.8, 4) is 0 Å². The number of likely N-dealkylation sites (N-methyl/N-ethyl adjacent to an activating group) is 1. The fourth-order valence-corrected chi connectivity index (χ4v) is 2.78. The van der Waals surface area contributed by atoms with Gasteiger partial charge >= 0.3 is 0 Å². The molecule has 1 saturated heterocycles. The van der Waals surface area contributed by atoms with Crippen LogP contribution in [0.2, 0.25) is 0 Å². The van der Waals surface area contributed by atoms with Gasteiger partial charge in [-0.25, -0.2) is 0 Å². The van der Waals surface area contributed by atoms with Crippen molar-refractivity contribution in [3.63, 3.8) is 0 Å². The molecule has 3 heteroatoms. The maximum absolute atomic E-state index is 12.1. The molecule has 2 rings (SSSR count). The first-order valence-electron chi connectivity index (χ1n) is 6.65. The molecule has 0 saturated carbocycles. The van der Waals surface area contributed by atoms with E-state index in [1.165, 1.54) is 16.7 Å². The Bertz CT molecular complexity index is 442. The van der Waals surface area contributed by atoms with Crippen LogP contribution in [-0.4, -0.2) is 30.9 Å². The van der Waals surface area contributed by atoms with Crippen molar-refractivity contribution in [2.24, 2.45) is 0 Å². The van der Waals surface area contributed by atoms with Gasteiger partial charge in [-0.3, -0.25) is 4.79 Å². The lowest BCUT2D eigenvalue weighted by Crippen LogP contribution is -2.36. The highest BCUT2D eigenvalue weighted by Crippen LogP contribution is 2.34. The quantitative estimate of drug-likeness (QED) is 0.886. The standard InChI is InChI=1S/C15H22N2O/c1-11-6-4-7-13(12(11)2)14-8-5-9-17(14)15(18)10-16-3/h4,6-7,14,16H,5,8-10H2,1-3H3. The number of benzene rings is 1. The van der Waals surface area contributed by atoms with E-state index in [9.17, 15) is 4.79 Å². The van der Waals surface area contributed by atoms with Crippen LogP contribution in [0.4, 0.5) is 0 Å². The molecule has 1 heterocycles. The predicted octanol–water partition coefficient (Wildman–Crippen LogP) is 2.19. The number of rotatable bonds is 3. The minimum absolute atomic E-state index is 0.209. The van der Waals surface area contributed by atoms with Crippen LogP contribution in [0, 0.1) is 13.8 Å². The molecule has 1 N–H and O–H groups in total. The summed E-state index contributed by atoms with van der Waals surface area (Å²) in [6.07, 6.45) is 2.19. The lowest BCUT2D eigenvalue weighted by Gasteiger charge is -2.26. The number of aryl methyl sites for hydroxylation is 1. The van der Waals surface area contributed by atoms with Crippen molar-refractivity contribution in [2.45, 2.75) is 32.7 Å². The van der Waals surface area contributed by atoms with E-state index in [1.807, 2.05) is 11.9 Å². The first-order chi connectivity index (χ1) is 8.65. The third-order valence-corrected chi connectivity index (χ3v) is 3.91. The third-order valence-electron chi connectivity index (χ3n) is 3.91. The Morgan fingerprint density at radius 3 is 2.94 bits per heavy atom. The molecule has 98 valence electrons. The van der Waals surface area contributed by atoms with Crippen LogP contribution in [0.1, 0.15) is 35.6 Å². The normalized spacial score (nSPS) is 19.3. The summed E-state index contributed by atoms with van der Waals surface area (Å²) in [6, 6.07) is 6.66. The number of carbonyl (C=O) groups is 1. The maximum atomic E-state index is 12.1. The SMILES string of the molecule is CNCC(=O)N1CCCC1c1cccc(C)c1C. The lowest BCUT2D eigenvalue weighted by molar-refractivity contribution is -0.131. The van der Waals surface area contributed by atoms with E-state index in [1.54, 1.807) is 0 Å². The predicted molar refractivity (Wildman–Crippen MR) is 73.5 cm³/mol. The Morgan fingerprint density at radius 2 is 2.22 bits per heavy atom. The Labute approximate surface area is 109 Å². The van der Waals surface area contributed by atoms with Crippen molar-refractivity contribution in [1.82, 2.24) is 10.2 Å². The number of nitrogens with one attached hydrogen (secondary N) is 1. The zero-order chi connectivity index (χ0) is 13.1. The van der Waals surface area contributed by atoms with Gasteiger partial charge in [-0.2, -0.15) is 0 Å². The summed E-state index contributed by atoms with van der Waals surface area (Å²) in [5, 5.41) is 2.95. The van der Waals surface area contributed by atoms with Crippen molar-refractivity contribution in [3.05, 3.63) is 34.9 Å². The molecule has 0 aromatic heterocycles. The van der Waals surface area contributed by atoms with E-state index in [0.717, 1.165) is 19.4 Å².